The molecule has 8 heteroatoms. The van der Waals surface area contributed by atoms with Crippen LogP contribution in [0.25, 0.3) is 0 Å². The van der Waals surface area contributed by atoms with Crippen LogP contribution in [0.1, 0.15) is 30.0 Å². The van der Waals surface area contributed by atoms with Crippen LogP contribution in [0.2, 0.25) is 0 Å². The first-order valence-corrected chi connectivity index (χ1v) is 12.7. The second-order valence-electron chi connectivity index (χ2n) is 8.62. The van der Waals surface area contributed by atoms with Crippen LogP contribution in [0.4, 0.5) is 29.0 Å². The summed E-state index contributed by atoms with van der Waals surface area (Å²) in [7, 11) is 0. The molecule has 0 saturated carbocycles. The Kier molecular flexibility index (Phi) is 8.17. The Bertz CT molecular complexity index is 1240. The molecule has 0 bridgehead atoms. The van der Waals surface area contributed by atoms with Gasteiger partial charge in [0.2, 0.25) is 17.8 Å². The lowest BCUT2D eigenvalue weighted by Gasteiger charge is -2.15. The van der Waals surface area contributed by atoms with Crippen LogP contribution < -0.4 is 16.0 Å². The molecular formula is C28H30N6OS. The molecule has 0 fully saturated rings. The van der Waals surface area contributed by atoms with Crippen molar-refractivity contribution >= 4 is 46.6 Å². The number of aromatic nitrogens is 3. The summed E-state index contributed by atoms with van der Waals surface area (Å²) in [5, 5.41) is 9.60. The van der Waals surface area contributed by atoms with E-state index < -0.39 is 0 Å². The predicted octanol–water partition coefficient (Wildman–Crippen LogP) is 6.79. The number of anilines is 5. The molecule has 7 nitrogen and oxygen atoms in total. The summed E-state index contributed by atoms with van der Waals surface area (Å²) in [6.45, 7) is 8.07. The fourth-order valence-corrected chi connectivity index (χ4v) is 4.23. The molecule has 0 spiro atoms. The maximum absolute atomic E-state index is 13.0. The Balaban J connectivity index is 1.57. The number of carbonyl (C=O) groups excluding carboxylic acids is 1. The van der Waals surface area contributed by atoms with E-state index in [2.05, 4.69) is 30.9 Å². The van der Waals surface area contributed by atoms with Crippen LogP contribution in [-0.2, 0) is 4.79 Å². The number of hydrogen-bond acceptors (Lipinski definition) is 7. The number of carbonyl (C=O) groups is 1. The van der Waals surface area contributed by atoms with Gasteiger partial charge in [-0.15, -0.1) is 0 Å². The van der Waals surface area contributed by atoms with Crippen molar-refractivity contribution in [1.29, 1.82) is 0 Å². The van der Waals surface area contributed by atoms with E-state index in [-0.39, 0.29) is 11.2 Å². The van der Waals surface area contributed by atoms with Crippen molar-refractivity contribution in [3.8, 4) is 0 Å². The van der Waals surface area contributed by atoms with Crippen LogP contribution in [0.3, 0.4) is 0 Å². The van der Waals surface area contributed by atoms with Crippen molar-refractivity contribution in [1.82, 2.24) is 15.0 Å². The van der Waals surface area contributed by atoms with Crippen LogP contribution in [0, 0.1) is 20.8 Å². The zero-order valence-corrected chi connectivity index (χ0v) is 21.7. The third kappa shape index (κ3) is 7.05. The number of nitrogens with one attached hydrogen (secondary N) is 3. The quantitative estimate of drug-likeness (QED) is 0.219. The monoisotopic (exact) mass is 498 g/mol. The molecule has 0 aliphatic rings. The minimum atomic E-state index is -0.367. The van der Waals surface area contributed by atoms with Crippen LogP contribution in [0.15, 0.2) is 78.0 Å². The summed E-state index contributed by atoms with van der Waals surface area (Å²) in [6.07, 6.45) is 0.621. The Morgan fingerprint density at radius 2 is 1.11 bits per heavy atom. The topological polar surface area (TPSA) is 91.8 Å². The van der Waals surface area contributed by atoms with E-state index >= 15 is 0 Å². The molecule has 3 N–H and O–H groups in total. The molecular weight excluding hydrogens is 468 g/mol. The molecule has 36 heavy (non-hydrogen) atoms. The maximum Gasteiger partial charge on any atom is 0.237 e. The smallest absolute Gasteiger partial charge is 0.237 e. The number of rotatable bonds is 9. The van der Waals surface area contributed by atoms with Gasteiger partial charge < -0.3 is 16.0 Å². The van der Waals surface area contributed by atoms with Gasteiger partial charge in [0.25, 0.3) is 0 Å². The Hall–Kier alpha value is -3.91. The number of thioether (sulfide) groups is 1. The first-order chi connectivity index (χ1) is 17.4. The molecule has 1 atom stereocenters. The average molecular weight is 499 g/mol. The molecule has 1 unspecified atom stereocenters. The molecule has 1 aromatic heterocycles. The Labute approximate surface area is 216 Å². The van der Waals surface area contributed by atoms with E-state index in [1.807, 2.05) is 100 Å². The predicted molar refractivity (Wildman–Crippen MR) is 148 cm³/mol. The van der Waals surface area contributed by atoms with E-state index in [0.717, 1.165) is 22.6 Å². The molecule has 4 aromatic rings. The first kappa shape index (κ1) is 25.2. The highest BCUT2D eigenvalue weighted by Crippen LogP contribution is 2.27. The van der Waals surface area contributed by atoms with Gasteiger partial charge in [-0.2, -0.15) is 15.0 Å². The molecule has 0 saturated heterocycles. The summed E-state index contributed by atoms with van der Waals surface area (Å²) in [5.74, 6) is 0.715. The number of hydrogen-bond donors (Lipinski definition) is 3. The Morgan fingerprint density at radius 3 is 1.53 bits per heavy atom. The highest BCUT2D eigenvalue weighted by Gasteiger charge is 2.21. The van der Waals surface area contributed by atoms with Gasteiger partial charge in [-0.25, -0.2) is 0 Å². The number of nitrogens with zero attached hydrogens (tertiary/aromatic N) is 3. The maximum atomic E-state index is 13.0. The molecule has 0 radical (unpaired) electrons. The largest absolute Gasteiger partial charge is 0.325 e. The lowest BCUT2D eigenvalue weighted by Crippen LogP contribution is -2.25. The van der Waals surface area contributed by atoms with E-state index in [1.54, 1.807) is 0 Å². The van der Waals surface area contributed by atoms with Gasteiger partial charge in [0.05, 0.1) is 5.25 Å². The number of amides is 1. The van der Waals surface area contributed by atoms with E-state index in [1.165, 1.54) is 22.9 Å². The van der Waals surface area contributed by atoms with Gasteiger partial charge in [0, 0.05) is 17.1 Å². The highest BCUT2D eigenvalue weighted by atomic mass is 32.2. The summed E-state index contributed by atoms with van der Waals surface area (Å²) in [4.78, 5) is 26.8. The van der Waals surface area contributed by atoms with Crippen LogP contribution in [-0.4, -0.2) is 26.1 Å². The lowest BCUT2D eigenvalue weighted by molar-refractivity contribution is -0.115. The molecule has 3 aromatic carbocycles. The third-order valence-electron chi connectivity index (χ3n) is 5.46. The van der Waals surface area contributed by atoms with Gasteiger partial charge in [0.1, 0.15) is 0 Å². The van der Waals surface area contributed by atoms with Crippen molar-refractivity contribution in [3.63, 3.8) is 0 Å². The van der Waals surface area contributed by atoms with Crippen LogP contribution in [0.5, 0.6) is 0 Å². The van der Waals surface area contributed by atoms with Crippen molar-refractivity contribution < 1.29 is 4.79 Å². The Morgan fingerprint density at radius 1 is 0.694 bits per heavy atom. The molecule has 1 heterocycles. The van der Waals surface area contributed by atoms with E-state index in [4.69, 9.17) is 0 Å². The summed E-state index contributed by atoms with van der Waals surface area (Å²) >= 11 is 1.32. The zero-order chi connectivity index (χ0) is 25.5. The molecule has 1 amide bonds. The minimum Gasteiger partial charge on any atom is -0.325 e. The van der Waals surface area contributed by atoms with Gasteiger partial charge >= 0.3 is 0 Å². The van der Waals surface area contributed by atoms with Gasteiger partial charge in [-0.05, 0) is 63.6 Å². The number of aryl methyl sites for hydroxylation is 3. The van der Waals surface area contributed by atoms with Crippen molar-refractivity contribution in [2.24, 2.45) is 0 Å². The first-order valence-electron chi connectivity index (χ1n) is 11.9. The van der Waals surface area contributed by atoms with Gasteiger partial charge in [-0.3, -0.25) is 4.79 Å². The van der Waals surface area contributed by atoms with Crippen LogP contribution >= 0.6 is 11.8 Å². The lowest BCUT2D eigenvalue weighted by atomic mass is 10.2. The molecule has 184 valence electrons. The molecule has 0 aliphatic heterocycles. The SMILES string of the molecule is CCC(Sc1nc(Nc2ccc(C)cc2)nc(Nc2ccc(C)cc2)n1)C(=O)Nc1ccc(C)cc1. The van der Waals surface area contributed by atoms with Crippen molar-refractivity contribution in [2.45, 2.75) is 44.5 Å². The van der Waals surface area contributed by atoms with Crippen molar-refractivity contribution in [2.75, 3.05) is 16.0 Å². The van der Waals surface area contributed by atoms with Gasteiger partial charge in [-0.1, -0.05) is 71.8 Å². The fraction of sp³-hybridized carbons (Fsp3) is 0.214. The average Bonchev–Trinajstić information content (AvgIpc) is 2.86. The van der Waals surface area contributed by atoms with E-state index in [9.17, 15) is 4.79 Å². The second kappa shape index (κ2) is 11.7. The number of benzene rings is 3. The zero-order valence-electron chi connectivity index (χ0n) is 20.9. The summed E-state index contributed by atoms with van der Waals surface area (Å²) in [6, 6.07) is 23.7. The van der Waals surface area contributed by atoms with Gasteiger partial charge in [0.15, 0.2) is 5.16 Å². The molecule has 0 aliphatic carbocycles. The highest BCUT2D eigenvalue weighted by molar-refractivity contribution is 8.00. The summed E-state index contributed by atoms with van der Waals surface area (Å²) < 4.78 is 0. The minimum absolute atomic E-state index is 0.0900. The fourth-order valence-electron chi connectivity index (χ4n) is 3.36. The van der Waals surface area contributed by atoms with E-state index in [0.29, 0.717) is 23.5 Å². The van der Waals surface area contributed by atoms with Crippen molar-refractivity contribution in [3.05, 3.63) is 89.5 Å². The second-order valence-corrected chi connectivity index (χ2v) is 9.79. The third-order valence-corrected chi connectivity index (χ3v) is 6.69. The standard InChI is InChI=1S/C28H30N6OS/c1-5-24(25(35)29-21-12-6-18(2)7-13-21)36-28-33-26(30-22-14-8-19(3)9-15-22)32-27(34-28)31-23-16-10-20(4)11-17-23/h6-17,24H,5H2,1-4H3,(H,29,35)(H2,30,31,32,33,34). The normalized spacial score (nSPS) is 11.6. The molecule has 4 rings (SSSR count). The summed E-state index contributed by atoms with van der Waals surface area (Å²) in [5.41, 5.74) is 5.98.